The van der Waals surface area contributed by atoms with Gasteiger partial charge in [-0.1, -0.05) is 89.2 Å². The molecule has 2 aromatic rings. The number of hydrogen-bond acceptors (Lipinski definition) is 2. The van der Waals surface area contributed by atoms with Crippen LogP contribution < -0.4 is 0 Å². The molecule has 2 nitrogen and oxygen atoms in total. The van der Waals surface area contributed by atoms with Crippen LogP contribution >= 0.6 is 0 Å². The lowest BCUT2D eigenvalue weighted by Crippen LogP contribution is -2.47. The molecule has 0 spiro atoms. The van der Waals surface area contributed by atoms with Crippen molar-refractivity contribution < 1.29 is 9.53 Å². The second-order valence-corrected chi connectivity index (χ2v) is 9.54. The Bertz CT molecular complexity index is 903. The SMILES string of the molecule is CCCC(=O)OC1CC(C)(C)c2cc(/C(C)=C/c3ccccc3)ccc2C1(C)C. The zero-order valence-corrected chi connectivity index (χ0v) is 18.7. The molecule has 0 saturated heterocycles. The summed E-state index contributed by atoms with van der Waals surface area (Å²) in [6.07, 6.45) is 4.28. The van der Waals surface area contributed by atoms with Crippen LogP contribution in [0.2, 0.25) is 0 Å². The lowest BCUT2D eigenvalue weighted by Gasteiger charge is -2.47. The van der Waals surface area contributed by atoms with Crippen LogP contribution in [0, 0.1) is 0 Å². The summed E-state index contributed by atoms with van der Waals surface area (Å²) in [5, 5.41) is 0. The molecule has 1 unspecified atom stereocenters. The third-order valence-electron chi connectivity index (χ3n) is 6.31. The van der Waals surface area contributed by atoms with E-state index in [2.05, 4.69) is 83.2 Å². The number of rotatable bonds is 5. The van der Waals surface area contributed by atoms with Gasteiger partial charge in [0.05, 0.1) is 0 Å². The standard InChI is InChI=1S/C27H34O2/c1-7-11-25(28)29-24-18-26(3,4)23-17-21(14-15-22(23)27(24,5)6)19(2)16-20-12-9-8-10-13-20/h8-10,12-17,24H,7,11,18H2,1-6H3/b19-16+. The van der Waals surface area contributed by atoms with Gasteiger partial charge in [0.25, 0.3) is 0 Å². The Labute approximate surface area is 176 Å². The van der Waals surface area contributed by atoms with Crippen LogP contribution in [-0.2, 0) is 20.4 Å². The summed E-state index contributed by atoms with van der Waals surface area (Å²) in [6, 6.07) is 17.2. The van der Waals surface area contributed by atoms with Gasteiger partial charge in [-0.2, -0.15) is 0 Å². The normalized spacial score (nSPS) is 20.1. The monoisotopic (exact) mass is 390 g/mol. The third-order valence-corrected chi connectivity index (χ3v) is 6.31. The molecule has 1 aliphatic carbocycles. The van der Waals surface area contributed by atoms with Crippen molar-refractivity contribution >= 4 is 17.6 Å². The summed E-state index contributed by atoms with van der Waals surface area (Å²) in [6.45, 7) is 13.1. The smallest absolute Gasteiger partial charge is 0.306 e. The predicted octanol–water partition coefficient (Wildman–Crippen LogP) is 6.92. The van der Waals surface area contributed by atoms with Gasteiger partial charge in [0.2, 0.25) is 0 Å². The highest BCUT2D eigenvalue weighted by Crippen LogP contribution is 2.48. The average Bonchev–Trinajstić information content (AvgIpc) is 2.67. The molecule has 0 aromatic heterocycles. The maximum atomic E-state index is 12.2. The highest BCUT2D eigenvalue weighted by molar-refractivity contribution is 5.80. The van der Waals surface area contributed by atoms with Gasteiger partial charge in [-0.15, -0.1) is 0 Å². The molecule has 154 valence electrons. The van der Waals surface area contributed by atoms with Crippen molar-refractivity contribution in [2.45, 2.75) is 77.7 Å². The highest BCUT2D eigenvalue weighted by atomic mass is 16.5. The molecule has 0 fully saturated rings. The fraction of sp³-hybridized carbons (Fsp3) is 0.444. The first-order chi connectivity index (χ1) is 13.6. The lowest BCUT2D eigenvalue weighted by atomic mass is 9.61. The first-order valence-electron chi connectivity index (χ1n) is 10.7. The number of benzene rings is 2. The van der Waals surface area contributed by atoms with E-state index in [1.807, 2.05) is 13.0 Å². The van der Waals surface area contributed by atoms with Crippen molar-refractivity contribution in [2.75, 3.05) is 0 Å². The van der Waals surface area contributed by atoms with Crippen molar-refractivity contribution in [2.24, 2.45) is 0 Å². The Morgan fingerprint density at radius 2 is 1.76 bits per heavy atom. The molecule has 0 aliphatic heterocycles. The first-order valence-corrected chi connectivity index (χ1v) is 10.7. The molecule has 0 heterocycles. The Morgan fingerprint density at radius 1 is 1.07 bits per heavy atom. The van der Waals surface area contributed by atoms with E-state index < -0.39 is 0 Å². The Balaban J connectivity index is 1.97. The van der Waals surface area contributed by atoms with E-state index in [1.165, 1.54) is 27.8 Å². The molecule has 0 amide bonds. The molecule has 2 aromatic carbocycles. The summed E-state index contributed by atoms with van der Waals surface area (Å²) in [5.41, 5.74) is 6.12. The van der Waals surface area contributed by atoms with E-state index in [9.17, 15) is 4.79 Å². The van der Waals surface area contributed by atoms with E-state index in [4.69, 9.17) is 4.74 Å². The number of hydrogen-bond donors (Lipinski definition) is 0. The molecule has 1 aliphatic rings. The molecular weight excluding hydrogens is 356 g/mol. The minimum atomic E-state index is -0.205. The second-order valence-electron chi connectivity index (χ2n) is 9.54. The van der Waals surface area contributed by atoms with E-state index in [1.54, 1.807) is 0 Å². The van der Waals surface area contributed by atoms with Gasteiger partial charge in [0, 0.05) is 11.8 Å². The number of carbonyl (C=O) groups is 1. The van der Waals surface area contributed by atoms with Crippen LogP contribution in [0.4, 0.5) is 0 Å². The zero-order chi connectivity index (χ0) is 21.2. The van der Waals surface area contributed by atoms with Crippen molar-refractivity contribution in [3.63, 3.8) is 0 Å². The zero-order valence-electron chi connectivity index (χ0n) is 18.7. The average molecular weight is 391 g/mol. The molecule has 2 heteroatoms. The van der Waals surface area contributed by atoms with Gasteiger partial charge < -0.3 is 4.74 Å². The van der Waals surface area contributed by atoms with Gasteiger partial charge in [-0.25, -0.2) is 0 Å². The van der Waals surface area contributed by atoms with Crippen LogP contribution in [-0.4, -0.2) is 12.1 Å². The molecule has 0 bridgehead atoms. The molecule has 3 rings (SSSR count). The number of allylic oxidation sites excluding steroid dienone is 1. The Hall–Kier alpha value is -2.35. The van der Waals surface area contributed by atoms with Crippen LogP contribution in [0.5, 0.6) is 0 Å². The first kappa shape index (κ1) is 21.4. The molecular formula is C27H34O2. The number of esters is 1. The number of carbonyl (C=O) groups excluding carboxylic acids is 1. The lowest BCUT2D eigenvalue weighted by molar-refractivity contribution is -0.154. The van der Waals surface area contributed by atoms with E-state index >= 15 is 0 Å². The van der Waals surface area contributed by atoms with Crippen molar-refractivity contribution in [3.05, 3.63) is 70.8 Å². The predicted molar refractivity (Wildman–Crippen MR) is 122 cm³/mol. The summed E-state index contributed by atoms with van der Waals surface area (Å²) < 4.78 is 5.95. The number of fused-ring (bicyclic) bond motifs is 1. The summed E-state index contributed by atoms with van der Waals surface area (Å²) >= 11 is 0. The maximum absolute atomic E-state index is 12.2. The summed E-state index contributed by atoms with van der Waals surface area (Å²) in [5.74, 6) is -0.0805. The van der Waals surface area contributed by atoms with Crippen molar-refractivity contribution in [3.8, 4) is 0 Å². The molecule has 29 heavy (non-hydrogen) atoms. The van der Waals surface area contributed by atoms with Gasteiger partial charge in [-0.05, 0) is 53.0 Å². The fourth-order valence-electron chi connectivity index (χ4n) is 4.41. The topological polar surface area (TPSA) is 26.3 Å². The Morgan fingerprint density at radius 3 is 2.41 bits per heavy atom. The highest BCUT2D eigenvalue weighted by Gasteiger charge is 2.46. The van der Waals surface area contributed by atoms with Crippen LogP contribution in [0.15, 0.2) is 48.5 Å². The summed E-state index contributed by atoms with van der Waals surface area (Å²) in [7, 11) is 0. The van der Waals surface area contributed by atoms with Gasteiger partial charge in [0.15, 0.2) is 0 Å². The van der Waals surface area contributed by atoms with Crippen molar-refractivity contribution in [1.29, 1.82) is 0 Å². The third kappa shape index (κ3) is 4.47. The van der Waals surface area contributed by atoms with Gasteiger partial charge in [0.1, 0.15) is 6.10 Å². The van der Waals surface area contributed by atoms with Crippen LogP contribution in [0.25, 0.3) is 11.6 Å². The van der Waals surface area contributed by atoms with Gasteiger partial charge in [-0.3, -0.25) is 4.79 Å². The fourth-order valence-corrected chi connectivity index (χ4v) is 4.41. The van der Waals surface area contributed by atoms with Gasteiger partial charge >= 0.3 is 5.97 Å². The minimum absolute atomic E-state index is 0.0505. The van der Waals surface area contributed by atoms with E-state index in [0.717, 1.165) is 12.8 Å². The molecule has 0 saturated carbocycles. The molecule has 0 N–H and O–H groups in total. The number of ether oxygens (including phenoxy) is 1. The quantitative estimate of drug-likeness (QED) is 0.409. The second kappa shape index (κ2) is 8.18. The summed E-state index contributed by atoms with van der Waals surface area (Å²) in [4.78, 5) is 12.2. The van der Waals surface area contributed by atoms with Crippen LogP contribution in [0.3, 0.4) is 0 Å². The molecule has 1 atom stereocenters. The van der Waals surface area contributed by atoms with E-state index in [0.29, 0.717) is 6.42 Å². The maximum Gasteiger partial charge on any atom is 0.306 e. The Kier molecular flexibility index (Phi) is 6.03. The van der Waals surface area contributed by atoms with Crippen molar-refractivity contribution in [1.82, 2.24) is 0 Å². The van der Waals surface area contributed by atoms with E-state index in [-0.39, 0.29) is 22.9 Å². The van der Waals surface area contributed by atoms with Crippen LogP contribution in [0.1, 0.15) is 83.1 Å². The minimum Gasteiger partial charge on any atom is -0.461 e. The largest absolute Gasteiger partial charge is 0.461 e. The molecule has 0 radical (unpaired) electrons.